The molecule has 146 valence electrons. The molecule has 2 aromatic carbocycles. The van der Waals surface area contributed by atoms with Crippen LogP contribution in [-0.4, -0.2) is 39.8 Å². The van der Waals surface area contributed by atoms with Gasteiger partial charge in [0.25, 0.3) is 5.91 Å². The smallest absolute Gasteiger partial charge is 0.282 e. The number of amides is 1. The molecule has 0 aliphatic rings. The number of methoxy groups -OCH3 is 2. The molecule has 0 aliphatic heterocycles. The van der Waals surface area contributed by atoms with E-state index in [-0.39, 0.29) is 17.0 Å². The third-order valence-corrected chi connectivity index (χ3v) is 4.89. The maximum atomic E-state index is 13.1. The average molecular weight is 396 g/mol. The Hall–Kier alpha value is -2.31. The fraction of sp³-hybridized carbons (Fsp3) is 0.350. The van der Waals surface area contributed by atoms with Crippen molar-refractivity contribution in [2.24, 2.45) is 0 Å². The molecule has 0 radical (unpaired) electrons. The van der Waals surface area contributed by atoms with Crippen LogP contribution in [0.4, 0.5) is 10.1 Å². The van der Waals surface area contributed by atoms with E-state index < -0.39 is 5.82 Å². The number of likely N-dealkylation sites (N-methyl/N-ethyl adjacent to an activating group) is 1. The van der Waals surface area contributed by atoms with Gasteiger partial charge < -0.3 is 19.7 Å². The highest BCUT2D eigenvalue weighted by Crippen LogP contribution is 2.27. The lowest BCUT2D eigenvalue weighted by Crippen LogP contribution is -3.14. The van der Waals surface area contributed by atoms with Crippen LogP contribution < -0.4 is 19.7 Å². The Kier molecular flexibility index (Phi) is 7.45. The van der Waals surface area contributed by atoms with Gasteiger partial charge in [0.1, 0.15) is 5.82 Å². The summed E-state index contributed by atoms with van der Waals surface area (Å²) in [6.45, 7) is 2.60. The number of carbonyl (C=O) groups is 1. The molecule has 0 fully saturated rings. The van der Waals surface area contributed by atoms with Gasteiger partial charge in [-0.05, 0) is 42.8 Å². The summed E-state index contributed by atoms with van der Waals surface area (Å²) in [7, 11) is 5.16. The molecule has 0 aliphatic carbocycles. The van der Waals surface area contributed by atoms with E-state index in [0.717, 1.165) is 23.4 Å². The Morgan fingerprint density at radius 1 is 1.19 bits per heavy atom. The van der Waals surface area contributed by atoms with E-state index in [9.17, 15) is 9.18 Å². The highest BCUT2D eigenvalue weighted by atomic mass is 35.5. The number of benzene rings is 2. The van der Waals surface area contributed by atoms with Crippen LogP contribution in [0.2, 0.25) is 5.02 Å². The molecule has 0 bridgehead atoms. The van der Waals surface area contributed by atoms with Gasteiger partial charge in [-0.1, -0.05) is 17.7 Å². The van der Waals surface area contributed by atoms with Crippen LogP contribution in [-0.2, 0) is 11.2 Å². The molecule has 1 unspecified atom stereocenters. The number of ether oxygens (including phenoxy) is 2. The van der Waals surface area contributed by atoms with E-state index in [1.54, 1.807) is 14.2 Å². The molecule has 0 saturated heterocycles. The number of hydrogen-bond acceptors (Lipinski definition) is 3. The van der Waals surface area contributed by atoms with Gasteiger partial charge in [-0.3, -0.25) is 4.79 Å². The topological polar surface area (TPSA) is 52.0 Å². The zero-order valence-electron chi connectivity index (χ0n) is 15.9. The van der Waals surface area contributed by atoms with Crippen molar-refractivity contribution in [3.8, 4) is 11.5 Å². The number of anilines is 1. The minimum Gasteiger partial charge on any atom is -0.493 e. The summed E-state index contributed by atoms with van der Waals surface area (Å²) >= 11 is 5.97. The van der Waals surface area contributed by atoms with Crippen molar-refractivity contribution in [3.63, 3.8) is 0 Å². The summed E-state index contributed by atoms with van der Waals surface area (Å²) in [5.41, 5.74) is 1.50. The van der Waals surface area contributed by atoms with Crippen molar-refractivity contribution in [2.45, 2.75) is 19.4 Å². The molecule has 7 heteroatoms. The highest BCUT2D eigenvalue weighted by molar-refractivity contribution is 6.33. The molecular weight excluding hydrogens is 371 g/mol. The maximum Gasteiger partial charge on any atom is 0.282 e. The molecule has 2 rings (SSSR count). The van der Waals surface area contributed by atoms with Gasteiger partial charge in [0.2, 0.25) is 0 Å². The van der Waals surface area contributed by atoms with E-state index in [2.05, 4.69) is 5.32 Å². The summed E-state index contributed by atoms with van der Waals surface area (Å²) in [4.78, 5) is 13.5. The minimum absolute atomic E-state index is 0.173. The molecular formula is C20H25ClFN2O3+. The minimum atomic E-state index is -0.441. The van der Waals surface area contributed by atoms with Crippen molar-refractivity contribution < 1.29 is 23.6 Å². The lowest BCUT2D eigenvalue weighted by atomic mass is 10.1. The Bertz CT molecular complexity index is 801. The lowest BCUT2D eigenvalue weighted by molar-refractivity contribution is -0.893. The van der Waals surface area contributed by atoms with Gasteiger partial charge in [0.15, 0.2) is 17.5 Å². The molecule has 0 saturated carbocycles. The van der Waals surface area contributed by atoms with Gasteiger partial charge in [0, 0.05) is 6.42 Å². The predicted octanol–water partition coefficient (Wildman–Crippen LogP) is 2.58. The van der Waals surface area contributed by atoms with Crippen molar-refractivity contribution >= 4 is 23.2 Å². The molecule has 2 N–H and O–H groups in total. The quantitative estimate of drug-likeness (QED) is 0.722. The van der Waals surface area contributed by atoms with Crippen molar-refractivity contribution in [2.75, 3.05) is 33.1 Å². The summed E-state index contributed by atoms with van der Waals surface area (Å²) in [6, 6.07) is 9.39. The first kappa shape index (κ1) is 21.0. The number of nitrogens with one attached hydrogen (secondary N) is 2. The molecule has 2 aromatic rings. The van der Waals surface area contributed by atoms with Crippen molar-refractivity contribution in [1.29, 1.82) is 0 Å². The van der Waals surface area contributed by atoms with Gasteiger partial charge >= 0.3 is 0 Å². The molecule has 0 spiro atoms. The first-order valence-corrected chi connectivity index (χ1v) is 9.02. The number of halogens is 2. The lowest BCUT2D eigenvalue weighted by Gasteiger charge is -2.21. The Morgan fingerprint density at radius 3 is 2.52 bits per heavy atom. The zero-order chi connectivity index (χ0) is 20.0. The summed E-state index contributed by atoms with van der Waals surface area (Å²) in [5, 5.41) is 2.93. The first-order valence-electron chi connectivity index (χ1n) is 8.64. The first-order chi connectivity index (χ1) is 12.8. The van der Waals surface area contributed by atoms with E-state index in [0.29, 0.717) is 17.2 Å². The summed E-state index contributed by atoms with van der Waals surface area (Å²) < 4.78 is 23.7. The van der Waals surface area contributed by atoms with Crippen LogP contribution in [0.3, 0.4) is 0 Å². The van der Waals surface area contributed by atoms with Crippen molar-refractivity contribution in [3.05, 3.63) is 52.8 Å². The number of carbonyl (C=O) groups excluding carboxylic acids is 1. The molecule has 2 atom stereocenters. The van der Waals surface area contributed by atoms with Crippen LogP contribution in [0.15, 0.2) is 36.4 Å². The van der Waals surface area contributed by atoms with Crippen LogP contribution in [0.25, 0.3) is 0 Å². The van der Waals surface area contributed by atoms with E-state index in [1.165, 1.54) is 18.2 Å². The zero-order valence-corrected chi connectivity index (χ0v) is 16.7. The fourth-order valence-corrected chi connectivity index (χ4v) is 2.86. The number of quaternary nitrogens is 1. The van der Waals surface area contributed by atoms with Crippen LogP contribution >= 0.6 is 11.6 Å². The average Bonchev–Trinajstić information content (AvgIpc) is 2.67. The van der Waals surface area contributed by atoms with Gasteiger partial charge in [-0.25, -0.2) is 4.39 Å². The van der Waals surface area contributed by atoms with E-state index in [1.807, 2.05) is 32.2 Å². The second-order valence-electron chi connectivity index (χ2n) is 6.37. The Labute approximate surface area is 164 Å². The maximum absolute atomic E-state index is 13.1. The SMILES string of the molecule is COc1ccc(CC[NH+](C)[C@H](C)C(=O)Nc2ccc(F)cc2Cl)cc1OC. The monoisotopic (exact) mass is 395 g/mol. The molecule has 1 amide bonds. The highest BCUT2D eigenvalue weighted by Gasteiger charge is 2.22. The molecule has 0 heterocycles. The largest absolute Gasteiger partial charge is 0.493 e. The number of hydrogen-bond donors (Lipinski definition) is 2. The third-order valence-electron chi connectivity index (χ3n) is 4.58. The van der Waals surface area contributed by atoms with Crippen molar-refractivity contribution in [1.82, 2.24) is 0 Å². The second kappa shape index (κ2) is 9.58. The van der Waals surface area contributed by atoms with Crippen LogP contribution in [0, 0.1) is 5.82 Å². The third kappa shape index (κ3) is 5.58. The van der Waals surface area contributed by atoms with E-state index in [4.69, 9.17) is 21.1 Å². The predicted molar refractivity (Wildman–Crippen MR) is 105 cm³/mol. The fourth-order valence-electron chi connectivity index (χ4n) is 2.65. The molecule has 27 heavy (non-hydrogen) atoms. The van der Waals surface area contributed by atoms with E-state index >= 15 is 0 Å². The standard InChI is InChI=1S/C20H24ClFN2O3/c1-13(20(25)23-17-7-6-15(22)12-16(17)21)24(2)10-9-14-5-8-18(26-3)19(11-14)27-4/h5-8,11-13H,9-10H2,1-4H3,(H,23,25)/p+1/t13-/m1/s1. The van der Waals surface area contributed by atoms with Crippen LogP contribution in [0.5, 0.6) is 11.5 Å². The normalized spacial score (nSPS) is 13.0. The summed E-state index contributed by atoms with van der Waals surface area (Å²) in [5.74, 6) is 0.757. The van der Waals surface area contributed by atoms with Crippen LogP contribution in [0.1, 0.15) is 12.5 Å². The molecule has 5 nitrogen and oxygen atoms in total. The molecule has 0 aromatic heterocycles. The number of rotatable bonds is 8. The Morgan fingerprint density at radius 2 is 1.89 bits per heavy atom. The van der Waals surface area contributed by atoms with Gasteiger partial charge in [-0.2, -0.15) is 0 Å². The summed E-state index contributed by atoms with van der Waals surface area (Å²) in [6.07, 6.45) is 0.779. The Balaban J connectivity index is 1.94. The van der Waals surface area contributed by atoms with Gasteiger partial charge in [0.05, 0.1) is 38.5 Å². The van der Waals surface area contributed by atoms with Gasteiger partial charge in [-0.15, -0.1) is 0 Å². The second-order valence-corrected chi connectivity index (χ2v) is 6.78.